The van der Waals surface area contributed by atoms with Gasteiger partial charge in [0.05, 0.1) is 0 Å². The third kappa shape index (κ3) is 5.39. The fraction of sp³-hybridized carbons (Fsp3) is 0.529. The van der Waals surface area contributed by atoms with Crippen LogP contribution in [0.1, 0.15) is 46.1 Å². The summed E-state index contributed by atoms with van der Waals surface area (Å²) in [7, 11) is 0. The van der Waals surface area contributed by atoms with Gasteiger partial charge >= 0.3 is 12.1 Å². The Kier molecular flexibility index (Phi) is 5.97. The molecule has 122 valence electrons. The quantitative estimate of drug-likeness (QED) is 0.845. The lowest BCUT2D eigenvalue weighted by Crippen LogP contribution is -2.57. The van der Waals surface area contributed by atoms with Gasteiger partial charge in [-0.15, -0.1) is 0 Å². The second-order valence-corrected chi connectivity index (χ2v) is 6.43. The van der Waals surface area contributed by atoms with E-state index in [2.05, 4.69) is 5.32 Å². The van der Waals surface area contributed by atoms with Gasteiger partial charge in [0.1, 0.15) is 11.1 Å². The molecule has 0 aromatic heterocycles. The fourth-order valence-corrected chi connectivity index (χ4v) is 2.30. The summed E-state index contributed by atoms with van der Waals surface area (Å²) < 4.78 is 5.21. The Bertz CT molecular complexity index is 507. The Morgan fingerprint density at radius 1 is 1.18 bits per heavy atom. The Balaban J connectivity index is 3.00. The molecule has 1 amide bonds. The lowest BCUT2D eigenvalue weighted by atomic mass is 9.86. The number of alkyl carbamates (subject to hydrolysis) is 1. The molecule has 2 N–H and O–H groups in total. The van der Waals surface area contributed by atoms with E-state index in [1.165, 1.54) is 0 Å². The molecule has 0 aliphatic heterocycles. The van der Waals surface area contributed by atoms with Gasteiger partial charge in [0, 0.05) is 6.42 Å². The Hall–Kier alpha value is -2.04. The van der Waals surface area contributed by atoms with Crippen molar-refractivity contribution in [2.75, 3.05) is 0 Å². The molecule has 0 unspecified atom stereocenters. The first kappa shape index (κ1) is 18.0. The van der Waals surface area contributed by atoms with Gasteiger partial charge in [0.25, 0.3) is 0 Å². The van der Waals surface area contributed by atoms with Gasteiger partial charge in [0.15, 0.2) is 0 Å². The molecule has 0 heterocycles. The molecule has 0 saturated heterocycles. The van der Waals surface area contributed by atoms with E-state index < -0.39 is 23.2 Å². The molecule has 1 aromatic rings. The van der Waals surface area contributed by atoms with Crippen LogP contribution in [0.15, 0.2) is 30.3 Å². The first-order valence-corrected chi connectivity index (χ1v) is 7.47. The van der Waals surface area contributed by atoms with E-state index in [-0.39, 0.29) is 6.42 Å². The predicted molar refractivity (Wildman–Crippen MR) is 84.8 cm³/mol. The summed E-state index contributed by atoms with van der Waals surface area (Å²) in [5.41, 5.74) is -1.18. The Morgan fingerprint density at radius 2 is 1.77 bits per heavy atom. The molecular formula is C17H25NO4. The summed E-state index contributed by atoms with van der Waals surface area (Å²) in [6.45, 7) is 7.11. The smallest absolute Gasteiger partial charge is 0.408 e. The number of nitrogens with one attached hydrogen (secondary N) is 1. The molecule has 0 aliphatic carbocycles. The van der Waals surface area contributed by atoms with Crippen LogP contribution >= 0.6 is 0 Å². The predicted octanol–water partition coefficient (Wildman–Crippen LogP) is 3.38. The molecule has 0 saturated carbocycles. The number of benzene rings is 1. The lowest BCUT2D eigenvalue weighted by molar-refractivity contribution is -0.145. The lowest BCUT2D eigenvalue weighted by Gasteiger charge is -2.31. The van der Waals surface area contributed by atoms with E-state index in [4.69, 9.17) is 4.74 Å². The Labute approximate surface area is 131 Å². The third-order valence-corrected chi connectivity index (χ3v) is 3.18. The molecule has 5 heteroatoms. The first-order chi connectivity index (χ1) is 10.2. The van der Waals surface area contributed by atoms with Crippen LogP contribution in [0, 0.1) is 0 Å². The van der Waals surface area contributed by atoms with E-state index in [0.29, 0.717) is 12.8 Å². The summed E-state index contributed by atoms with van der Waals surface area (Å²) in [5, 5.41) is 12.3. The summed E-state index contributed by atoms with van der Waals surface area (Å²) in [5.74, 6) is -1.05. The second kappa shape index (κ2) is 7.29. The maximum Gasteiger partial charge on any atom is 0.408 e. The number of carbonyl (C=O) groups is 2. The molecule has 22 heavy (non-hydrogen) atoms. The zero-order valence-corrected chi connectivity index (χ0v) is 13.7. The summed E-state index contributed by atoms with van der Waals surface area (Å²) in [4.78, 5) is 23.9. The van der Waals surface area contributed by atoms with Crippen LogP contribution in [0.4, 0.5) is 4.79 Å². The highest BCUT2D eigenvalue weighted by Gasteiger charge is 2.40. The van der Waals surface area contributed by atoms with Crippen LogP contribution in [0.25, 0.3) is 0 Å². The monoisotopic (exact) mass is 307 g/mol. The number of ether oxygens (including phenoxy) is 1. The number of amides is 1. The van der Waals surface area contributed by atoms with Crippen LogP contribution in [0.2, 0.25) is 0 Å². The van der Waals surface area contributed by atoms with Crippen molar-refractivity contribution in [1.82, 2.24) is 5.32 Å². The minimum Gasteiger partial charge on any atom is -0.479 e. The van der Waals surface area contributed by atoms with E-state index in [1.54, 1.807) is 20.8 Å². The third-order valence-electron chi connectivity index (χ3n) is 3.18. The van der Waals surface area contributed by atoms with Gasteiger partial charge < -0.3 is 15.2 Å². The molecule has 1 aromatic carbocycles. The number of rotatable bonds is 6. The highest BCUT2D eigenvalue weighted by atomic mass is 16.6. The minimum absolute atomic E-state index is 0.219. The van der Waals surface area contributed by atoms with Crippen molar-refractivity contribution in [1.29, 1.82) is 0 Å². The zero-order valence-electron chi connectivity index (χ0n) is 13.7. The van der Waals surface area contributed by atoms with E-state index in [1.807, 2.05) is 37.3 Å². The average Bonchev–Trinajstić information content (AvgIpc) is 2.37. The average molecular weight is 307 g/mol. The molecule has 0 aliphatic rings. The van der Waals surface area contributed by atoms with E-state index in [9.17, 15) is 14.7 Å². The number of carboxylic acid groups (broad SMARTS) is 1. The number of carboxylic acids is 1. The van der Waals surface area contributed by atoms with Gasteiger partial charge in [-0.05, 0) is 32.8 Å². The van der Waals surface area contributed by atoms with Crippen LogP contribution in [-0.2, 0) is 16.0 Å². The van der Waals surface area contributed by atoms with Crippen molar-refractivity contribution in [2.45, 2.75) is 58.1 Å². The van der Waals surface area contributed by atoms with Crippen molar-refractivity contribution >= 4 is 12.1 Å². The summed E-state index contributed by atoms with van der Waals surface area (Å²) in [6, 6.07) is 9.27. The summed E-state index contributed by atoms with van der Waals surface area (Å²) in [6.07, 6.45) is 0.473. The maximum absolute atomic E-state index is 12.0. The highest BCUT2D eigenvalue weighted by molar-refractivity contribution is 5.84. The van der Waals surface area contributed by atoms with Gasteiger partial charge in [-0.2, -0.15) is 0 Å². The second-order valence-electron chi connectivity index (χ2n) is 6.43. The van der Waals surface area contributed by atoms with Crippen molar-refractivity contribution in [3.05, 3.63) is 35.9 Å². The van der Waals surface area contributed by atoms with E-state index in [0.717, 1.165) is 5.56 Å². The van der Waals surface area contributed by atoms with Gasteiger partial charge in [0.2, 0.25) is 0 Å². The van der Waals surface area contributed by atoms with Crippen molar-refractivity contribution < 1.29 is 19.4 Å². The van der Waals surface area contributed by atoms with Crippen LogP contribution < -0.4 is 5.32 Å². The zero-order chi connectivity index (χ0) is 16.8. The SMILES string of the molecule is CCC[C@](Cc1ccccc1)(NC(=O)OC(C)(C)C)C(=O)O. The van der Waals surface area contributed by atoms with Gasteiger partial charge in [-0.3, -0.25) is 0 Å². The fourth-order valence-electron chi connectivity index (χ4n) is 2.30. The molecule has 0 spiro atoms. The standard InChI is InChI=1S/C17H25NO4/c1-5-11-17(14(19)20,12-13-9-7-6-8-10-13)18-15(21)22-16(2,3)4/h6-10H,5,11-12H2,1-4H3,(H,18,21)(H,19,20)/t17-/m1/s1. The van der Waals surface area contributed by atoms with Crippen LogP contribution in [0.5, 0.6) is 0 Å². The number of aliphatic carboxylic acids is 1. The molecule has 0 radical (unpaired) electrons. The molecular weight excluding hydrogens is 282 g/mol. The minimum atomic E-state index is -1.36. The van der Waals surface area contributed by atoms with Crippen LogP contribution in [-0.4, -0.2) is 28.3 Å². The topological polar surface area (TPSA) is 75.6 Å². The first-order valence-electron chi connectivity index (χ1n) is 7.47. The van der Waals surface area contributed by atoms with Gasteiger partial charge in [-0.25, -0.2) is 9.59 Å². The normalized spacial score (nSPS) is 14.0. The largest absolute Gasteiger partial charge is 0.479 e. The van der Waals surface area contributed by atoms with Crippen LogP contribution in [0.3, 0.4) is 0 Å². The highest BCUT2D eigenvalue weighted by Crippen LogP contribution is 2.21. The Morgan fingerprint density at radius 3 is 2.23 bits per heavy atom. The molecule has 5 nitrogen and oxygen atoms in total. The molecule has 0 bridgehead atoms. The molecule has 0 fully saturated rings. The van der Waals surface area contributed by atoms with Gasteiger partial charge in [-0.1, -0.05) is 43.7 Å². The van der Waals surface area contributed by atoms with Crippen molar-refractivity contribution in [3.8, 4) is 0 Å². The number of hydrogen-bond acceptors (Lipinski definition) is 3. The maximum atomic E-state index is 12.0. The number of hydrogen-bond donors (Lipinski definition) is 2. The van der Waals surface area contributed by atoms with Crippen molar-refractivity contribution in [3.63, 3.8) is 0 Å². The number of carbonyl (C=O) groups excluding carboxylic acids is 1. The summed E-state index contributed by atoms with van der Waals surface area (Å²) >= 11 is 0. The molecule has 1 atom stereocenters. The van der Waals surface area contributed by atoms with E-state index >= 15 is 0 Å². The molecule has 1 rings (SSSR count). The van der Waals surface area contributed by atoms with Crippen molar-refractivity contribution in [2.24, 2.45) is 0 Å².